The average molecular weight is 294 g/mol. The van der Waals surface area contributed by atoms with Gasteiger partial charge in [-0.25, -0.2) is 0 Å². The topological polar surface area (TPSA) is 71.0 Å². The number of hydrogen-bond acceptors (Lipinski definition) is 5. The normalized spacial score (nSPS) is 19.2. The maximum Gasteiger partial charge on any atom is 0.234 e. The number of nitrogens with zero attached hydrogens (tertiary/aromatic N) is 1. The van der Waals surface area contributed by atoms with Gasteiger partial charge in [-0.05, 0) is 12.1 Å². The van der Waals surface area contributed by atoms with E-state index in [0.29, 0.717) is 32.9 Å². The molecule has 1 aromatic carbocycles. The third-order valence-electron chi connectivity index (χ3n) is 3.34. The molecule has 1 unspecified atom stereocenters. The Hall–Kier alpha value is -1.63. The van der Waals surface area contributed by atoms with Gasteiger partial charge < -0.3 is 19.9 Å². The zero-order valence-corrected chi connectivity index (χ0v) is 12.0. The van der Waals surface area contributed by atoms with Crippen LogP contribution in [-0.4, -0.2) is 68.0 Å². The second kappa shape index (κ2) is 8.61. The average Bonchev–Trinajstić information content (AvgIpc) is 2.53. The van der Waals surface area contributed by atoms with Gasteiger partial charge in [0.2, 0.25) is 5.91 Å². The fourth-order valence-electron chi connectivity index (χ4n) is 2.18. The van der Waals surface area contributed by atoms with E-state index in [1.54, 1.807) is 0 Å². The Labute approximate surface area is 124 Å². The smallest absolute Gasteiger partial charge is 0.234 e. The lowest BCUT2D eigenvalue weighted by Gasteiger charge is -2.33. The molecule has 0 aliphatic carbocycles. The molecule has 116 valence electrons. The van der Waals surface area contributed by atoms with Crippen molar-refractivity contribution in [2.75, 3.05) is 46.1 Å². The first-order valence-corrected chi connectivity index (χ1v) is 7.17. The van der Waals surface area contributed by atoms with Crippen molar-refractivity contribution in [2.24, 2.45) is 0 Å². The lowest BCUT2D eigenvalue weighted by atomic mass is 10.2. The number of rotatable bonds is 7. The highest BCUT2D eigenvalue weighted by atomic mass is 16.5. The molecule has 2 rings (SSSR count). The van der Waals surface area contributed by atoms with Crippen molar-refractivity contribution in [1.29, 1.82) is 0 Å². The van der Waals surface area contributed by atoms with Crippen molar-refractivity contribution in [3.8, 4) is 5.75 Å². The van der Waals surface area contributed by atoms with Crippen molar-refractivity contribution in [3.05, 3.63) is 30.3 Å². The lowest BCUT2D eigenvalue weighted by Crippen LogP contribution is -2.51. The van der Waals surface area contributed by atoms with E-state index in [1.165, 1.54) is 0 Å². The number of carbonyl (C=O) groups is 1. The Morgan fingerprint density at radius 1 is 1.43 bits per heavy atom. The monoisotopic (exact) mass is 294 g/mol. The van der Waals surface area contributed by atoms with Crippen LogP contribution in [0.4, 0.5) is 0 Å². The summed E-state index contributed by atoms with van der Waals surface area (Å²) in [6.45, 7) is 2.91. The minimum absolute atomic E-state index is 0.00436. The number of morpholine rings is 1. The first-order valence-electron chi connectivity index (χ1n) is 7.17. The molecule has 0 radical (unpaired) electrons. The summed E-state index contributed by atoms with van der Waals surface area (Å²) in [5.74, 6) is 0.729. The SMILES string of the molecule is O=C(CN1CCOCC1CO)NCCOc1ccccc1. The van der Waals surface area contributed by atoms with Gasteiger partial charge in [0, 0.05) is 6.54 Å². The fourth-order valence-corrected chi connectivity index (χ4v) is 2.18. The van der Waals surface area contributed by atoms with Crippen LogP contribution < -0.4 is 10.1 Å². The predicted molar refractivity (Wildman–Crippen MR) is 78.2 cm³/mol. The molecule has 0 saturated carbocycles. The van der Waals surface area contributed by atoms with Crippen LogP contribution >= 0.6 is 0 Å². The molecule has 1 amide bonds. The molecule has 1 saturated heterocycles. The Balaban J connectivity index is 1.63. The van der Waals surface area contributed by atoms with Gasteiger partial charge in [-0.1, -0.05) is 18.2 Å². The highest BCUT2D eigenvalue weighted by Gasteiger charge is 2.23. The Morgan fingerprint density at radius 2 is 2.24 bits per heavy atom. The summed E-state index contributed by atoms with van der Waals surface area (Å²) in [7, 11) is 0. The number of nitrogens with one attached hydrogen (secondary N) is 1. The molecule has 1 atom stereocenters. The molecular weight excluding hydrogens is 272 g/mol. The van der Waals surface area contributed by atoms with E-state index < -0.39 is 0 Å². The molecule has 1 aliphatic heterocycles. The van der Waals surface area contributed by atoms with Crippen molar-refractivity contribution in [2.45, 2.75) is 6.04 Å². The van der Waals surface area contributed by atoms with Crippen LogP contribution in [0, 0.1) is 0 Å². The first-order chi connectivity index (χ1) is 10.3. The Kier molecular flexibility index (Phi) is 6.46. The molecule has 0 bridgehead atoms. The van der Waals surface area contributed by atoms with E-state index in [0.717, 1.165) is 5.75 Å². The number of benzene rings is 1. The summed E-state index contributed by atoms with van der Waals surface area (Å²) < 4.78 is 10.8. The van der Waals surface area contributed by atoms with Crippen LogP contribution in [0.3, 0.4) is 0 Å². The van der Waals surface area contributed by atoms with Crippen LogP contribution in [0.1, 0.15) is 0 Å². The molecule has 0 spiro atoms. The van der Waals surface area contributed by atoms with Crippen molar-refractivity contribution < 1.29 is 19.4 Å². The summed E-state index contributed by atoms with van der Waals surface area (Å²) in [6.07, 6.45) is 0. The molecule has 1 fully saturated rings. The van der Waals surface area contributed by atoms with Crippen molar-refractivity contribution >= 4 is 5.91 Å². The molecule has 0 aromatic heterocycles. The zero-order chi connectivity index (χ0) is 14.9. The number of hydrogen-bond donors (Lipinski definition) is 2. The van der Waals surface area contributed by atoms with E-state index in [4.69, 9.17) is 9.47 Å². The molecule has 6 heteroatoms. The maximum absolute atomic E-state index is 11.9. The molecule has 1 aliphatic rings. The van der Waals surface area contributed by atoms with Gasteiger partial charge in [-0.15, -0.1) is 0 Å². The summed E-state index contributed by atoms with van der Waals surface area (Å²) in [5, 5.41) is 12.1. The van der Waals surface area contributed by atoms with Gasteiger partial charge in [0.05, 0.1) is 39.0 Å². The van der Waals surface area contributed by atoms with Crippen molar-refractivity contribution in [3.63, 3.8) is 0 Å². The highest BCUT2D eigenvalue weighted by molar-refractivity contribution is 5.78. The molecule has 6 nitrogen and oxygen atoms in total. The number of aliphatic hydroxyl groups excluding tert-OH is 1. The highest BCUT2D eigenvalue weighted by Crippen LogP contribution is 2.07. The lowest BCUT2D eigenvalue weighted by molar-refractivity contribution is -0.125. The number of ether oxygens (including phenoxy) is 2. The molecule has 2 N–H and O–H groups in total. The van der Waals surface area contributed by atoms with E-state index in [-0.39, 0.29) is 25.1 Å². The molecule has 21 heavy (non-hydrogen) atoms. The number of para-hydroxylation sites is 1. The van der Waals surface area contributed by atoms with E-state index in [9.17, 15) is 9.90 Å². The quantitative estimate of drug-likeness (QED) is 0.686. The summed E-state index contributed by atoms with van der Waals surface area (Å²) in [5.41, 5.74) is 0. The van der Waals surface area contributed by atoms with Crippen LogP contribution in [0.5, 0.6) is 5.75 Å². The molecule has 1 aromatic rings. The van der Waals surface area contributed by atoms with Gasteiger partial charge in [-0.2, -0.15) is 0 Å². The van der Waals surface area contributed by atoms with Gasteiger partial charge in [-0.3, -0.25) is 9.69 Å². The molecule has 1 heterocycles. The zero-order valence-electron chi connectivity index (χ0n) is 12.0. The van der Waals surface area contributed by atoms with Gasteiger partial charge in [0.1, 0.15) is 12.4 Å². The summed E-state index contributed by atoms with van der Waals surface area (Å²) >= 11 is 0. The third-order valence-corrected chi connectivity index (χ3v) is 3.34. The van der Waals surface area contributed by atoms with E-state index in [2.05, 4.69) is 5.32 Å². The fraction of sp³-hybridized carbons (Fsp3) is 0.533. The van der Waals surface area contributed by atoms with Gasteiger partial charge in [0.15, 0.2) is 0 Å². The minimum atomic E-state index is -0.0925. The first kappa shape index (κ1) is 15.8. The summed E-state index contributed by atoms with van der Waals surface area (Å²) in [6, 6.07) is 9.39. The second-order valence-electron chi connectivity index (χ2n) is 4.89. The van der Waals surface area contributed by atoms with E-state index in [1.807, 2.05) is 35.2 Å². The predicted octanol–water partition coefficient (Wildman–Crippen LogP) is -0.125. The van der Waals surface area contributed by atoms with Crippen LogP contribution in [0.15, 0.2) is 30.3 Å². The summed E-state index contributed by atoms with van der Waals surface area (Å²) in [4.78, 5) is 13.8. The van der Waals surface area contributed by atoms with Gasteiger partial charge in [0.25, 0.3) is 0 Å². The Morgan fingerprint density at radius 3 is 3.00 bits per heavy atom. The number of aliphatic hydroxyl groups is 1. The van der Waals surface area contributed by atoms with Gasteiger partial charge >= 0.3 is 0 Å². The Bertz CT molecular complexity index is 427. The van der Waals surface area contributed by atoms with Crippen molar-refractivity contribution in [1.82, 2.24) is 10.2 Å². The maximum atomic E-state index is 11.9. The van der Waals surface area contributed by atoms with Crippen LogP contribution in [0.2, 0.25) is 0 Å². The largest absolute Gasteiger partial charge is 0.492 e. The third kappa shape index (κ3) is 5.34. The number of carbonyl (C=O) groups excluding carboxylic acids is 1. The minimum Gasteiger partial charge on any atom is -0.492 e. The second-order valence-corrected chi connectivity index (χ2v) is 4.89. The standard InChI is InChI=1S/C15H22N2O4/c18-11-13-12-20-9-7-17(13)10-15(19)16-6-8-21-14-4-2-1-3-5-14/h1-5,13,18H,6-12H2,(H,16,19). The van der Waals surface area contributed by atoms with Crippen LogP contribution in [0.25, 0.3) is 0 Å². The molecular formula is C15H22N2O4. The number of amides is 1. The van der Waals surface area contributed by atoms with E-state index >= 15 is 0 Å². The van der Waals surface area contributed by atoms with Crippen LogP contribution in [-0.2, 0) is 9.53 Å².